The van der Waals surface area contributed by atoms with Crippen LogP contribution in [0.5, 0.6) is 5.75 Å². The summed E-state index contributed by atoms with van der Waals surface area (Å²) in [6.07, 6.45) is 3.06. The smallest absolute Gasteiger partial charge is 0.258 e. The first-order valence-electron chi connectivity index (χ1n) is 4.34. The predicted octanol–water partition coefficient (Wildman–Crippen LogP) is 1.42. The van der Waals surface area contributed by atoms with Gasteiger partial charge in [0.15, 0.2) is 6.61 Å². The number of nitrogens with one attached hydrogen (secondary N) is 1. The highest BCUT2D eigenvalue weighted by atomic mass is 35.5. The molecule has 0 saturated carbocycles. The quantitative estimate of drug-likeness (QED) is 0.610. The van der Waals surface area contributed by atoms with Crippen molar-refractivity contribution in [1.29, 1.82) is 0 Å². The zero-order chi connectivity index (χ0) is 11.1. The van der Waals surface area contributed by atoms with Crippen molar-refractivity contribution >= 4 is 17.5 Å². The van der Waals surface area contributed by atoms with Gasteiger partial charge in [0.25, 0.3) is 5.91 Å². The first-order valence-corrected chi connectivity index (χ1v) is 4.72. The second-order valence-corrected chi connectivity index (χ2v) is 3.09. The summed E-state index contributed by atoms with van der Waals surface area (Å²) in [5, 5.41) is 2.97. The maximum absolute atomic E-state index is 11.1. The molecular formula is C10H11ClN2O2. The highest BCUT2D eigenvalue weighted by Crippen LogP contribution is 2.11. The summed E-state index contributed by atoms with van der Waals surface area (Å²) in [6.45, 7) is 3.87. The van der Waals surface area contributed by atoms with Gasteiger partial charge in [-0.3, -0.25) is 4.79 Å². The van der Waals surface area contributed by atoms with Crippen LogP contribution in [-0.4, -0.2) is 24.0 Å². The van der Waals surface area contributed by atoms with Gasteiger partial charge in [-0.25, -0.2) is 4.98 Å². The van der Waals surface area contributed by atoms with Crippen LogP contribution >= 0.6 is 11.6 Å². The fraction of sp³-hybridized carbons (Fsp3) is 0.200. The average molecular weight is 227 g/mol. The van der Waals surface area contributed by atoms with Gasteiger partial charge in [0.2, 0.25) is 0 Å². The van der Waals surface area contributed by atoms with E-state index in [0.29, 0.717) is 17.4 Å². The Bertz CT molecular complexity index is 338. The van der Waals surface area contributed by atoms with Crippen LogP contribution in [0.25, 0.3) is 0 Å². The van der Waals surface area contributed by atoms with Crippen LogP contribution in [0.1, 0.15) is 0 Å². The molecule has 0 bridgehead atoms. The number of ether oxygens (including phenoxy) is 1. The highest BCUT2D eigenvalue weighted by Gasteiger charge is 2.01. The lowest BCUT2D eigenvalue weighted by molar-refractivity contribution is -0.122. The van der Waals surface area contributed by atoms with Gasteiger partial charge >= 0.3 is 0 Å². The number of rotatable bonds is 5. The number of carbonyl (C=O) groups is 1. The molecule has 0 spiro atoms. The molecule has 15 heavy (non-hydrogen) atoms. The van der Waals surface area contributed by atoms with E-state index in [2.05, 4.69) is 16.9 Å². The van der Waals surface area contributed by atoms with Crippen molar-refractivity contribution in [2.75, 3.05) is 13.2 Å². The first-order chi connectivity index (χ1) is 7.22. The van der Waals surface area contributed by atoms with E-state index in [0.717, 1.165) is 0 Å². The Morgan fingerprint density at radius 3 is 3.07 bits per heavy atom. The zero-order valence-corrected chi connectivity index (χ0v) is 8.83. The molecule has 0 fully saturated rings. The maximum atomic E-state index is 11.1. The zero-order valence-electron chi connectivity index (χ0n) is 8.07. The number of hydrogen-bond acceptors (Lipinski definition) is 3. The van der Waals surface area contributed by atoms with Crippen LogP contribution in [0.2, 0.25) is 5.15 Å². The van der Waals surface area contributed by atoms with Crippen LogP contribution in [0.4, 0.5) is 0 Å². The number of pyridine rings is 1. The lowest BCUT2D eigenvalue weighted by Gasteiger charge is -2.05. The standard InChI is InChI=1S/C10H11ClN2O2/c1-2-5-12-10(14)7-15-8-3-4-9(11)13-6-8/h2-4,6H,1,5,7H2,(H,12,14). The summed E-state index contributed by atoms with van der Waals surface area (Å²) in [4.78, 5) is 14.9. The molecule has 4 nitrogen and oxygen atoms in total. The van der Waals surface area contributed by atoms with Crippen molar-refractivity contribution < 1.29 is 9.53 Å². The highest BCUT2D eigenvalue weighted by molar-refractivity contribution is 6.29. The molecule has 1 heterocycles. The Labute approximate surface area is 92.9 Å². The van der Waals surface area contributed by atoms with E-state index >= 15 is 0 Å². The van der Waals surface area contributed by atoms with Crippen LogP contribution in [0, 0.1) is 0 Å². The Hall–Kier alpha value is -1.55. The van der Waals surface area contributed by atoms with E-state index < -0.39 is 0 Å². The van der Waals surface area contributed by atoms with E-state index in [9.17, 15) is 4.79 Å². The van der Waals surface area contributed by atoms with Crippen LogP contribution in [0.3, 0.4) is 0 Å². The maximum Gasteiger partial charge on any atom is 0.258 e. The SMILES string of the molecule is C=CCNC(=O)COc1ccc(Cl)nc1. The average Bonchev–Trinajstić information content (AvgIpc) is 2.25. The molecule has 1 aromatic heterocycles. The van der Waals surface area contributed by atoms with Crippen molar-refractivity contribution in [1.82, 2.24) is 10.3 Å². The van der Waals surface area contributed by atoms with Gasteiger partial charge < -0.3 is 10.1 Å². The molecule has 5 heteroatoms. The number of nitrogens with zero attached hydrogens (tertiary/aromatic N) is 1. The summed E-state index contributed by atoms with van der Waals surface area (Å²) >= 11 is 5.59. The van der Waals surface area contributed by atoms with Gasteiger partial charge in [-0.1, -0.05) is 17.7 Å². The van der Waals surface area contributed by atoms with E-state index in [1.54, 1.807) is 18.2 Å². The summed E-state index contributed by atoms with van der Waals surface area (Å²) in [7, 11) is 0. The molecule has 0 radical (unpaired) electrons. The van der Waals surface area contributed by atoms with Crippen LogP contribution < -0.4 is 10.1 Å². The molecule has 0 aromatic carbocycles. The number of carbonyl (C=O) groups excluding carboxylic acids is 1. The Morgan fingerprint density at radius 1 is 1.67 bits per heavy atom. The predicted molar refractivity (Wildman–Crippen MR) is 57.9 cm³/mol. The second-order valence-electron chi connectivity index (χ2n) is 2.70. The molecule has 0 unspecified atom stereocenters. The number of aromatic nitrogens is 1. The van der Waals surface area contributed by atoms with E-state index in [-0.39, 0.29) is 12.5 Å². The third-order valence-electron chi connectivity index (χ3n) is 1.51. The van der Waals surface area contributed by atoms with Gasteiger partial charge in [0.05, 0.1) is 6.20 Å². The molecule has 80 valence electrons. The Kier molecular flexibility index (Phi) is 4.63. The fourth-order valence-corrected chi connectivity index (χ4v) is 0.945. The van der Waals surface area contributed by atoms with Crippen LogP contribution in [-0.2, 0) is 4.79 Å². The van der Waals surface area contributed by atoms with E-state index in [1.165, 1.54) is 6.20 Å². The van der Waals surface area contributed by atoms with E-state index in [4.69, 9.17) is 16.3 Å². The van der Waals surface area contributed by atoms with Gasteiger partial charge in [-0.15, -0.1) is 6.58 Å². The minimum absolute atomic E-state index is 0.0445. The summed E-state index contributed by atoms with van der Waals surface area (Å²) < 4.78 is 5.15. The molecule has 0 saturated heterocycles. The number of hydrogen-bond donors (Lipinski definition) is 1. The third kappa shape index (κ3) is 4.46. The van der Waals surface area contributed by atoms with Crippen molar-refractivity contribution in [2.45, 2.75) is 0 Å². The van der Waals surface area contributed by atoms with Crippen molar-refractivity contribution in [3.8, 4) is 5.75 Å². The van der Waals surface area contributed by atoms with Crippen molar-refractivity contribution in [3.63, 3.8) is 0 Å². The first kappa shape index (κ1) is 11.5. The Morgan fingerprint density at radius 2 is 2.47 bits per heavy atom. The molecule has 0 aliphatic carbocycles. The van der Waals surface area contributed by atoms with Crippen molar-refractivity contribution in [2.24, 2.45) is 0 Å². The monoisotopic (exact) mass is 226 g/mol. The molecule has 1 aromatic rings. The van der Waals surface area contributed by atoms with Gasteiger partial charge in [-0.05, 0) is 12.1 Å². The largest absolute Gasteiger partial charge is 0.482 e. The molecule has 0 aliphatic heterocycles. The molecule has 0 aliphatic rings. The Balaban J connectivity index is 2.33. The van der Waals surface area contributed by atoms with Gasteiger partial charge in [0.1, 0.15) is 10.9 Å². The lowest BCUT2D eigenvalue weighted by Crippen LogP contribution is -2.28. The second kappa shape index (κ2) is 6.03. The number of amides is 1. The minimum Gasteiger partial charge on any atom is -0.482 e. The van der Waals surface area contributed by atoms with E-state index in [1.807, 2.05) is 0 Å². The summed E-state index contributed by atoms with van der Waals surface area (Å²) in [5.74, 6) is 0.304. The van der Waals surface area contributed by atoms with Gasteiger partial charge in [-0.2, -0.15) is 0 Å². The molecular weight excluding hydrogens is 216 g/mol. The lowest BCUT2D eigenvalue weighted by atomic mass is 10.4. The molecule has 1 rings (SSSR count). The topological polar surface area (TPSA) is 51.2 Å². The van der Waals surface area contributed by atoms with Gasteiger partial charge in [0, 0.05) is 6.54 Å². The molecule has 1 amide bonds. The fourth-order valence-electron chi connectivity index (χ4n) is 0.834. The summed E-state index contributed by atoms with van der Waals surface area (Å²) in [5.41, 5.74) is 0. The minimum atomic E-state index is -0.204. The molecule has 1 N–H and O–H groups in total. The van der Waals surface area contributed by atoms with Crippen molar-refractivity contribution in [3.05, 3.63) is 36.1 Å². The molecule has 0 atom stereocenters. The third-order valence-corrected chi connectivity index (χ3v) is 1.74. The van der Waals surface area contributed by atoms with Crippen LogP contribution in [0.15, 0.2) is 31.0 Å². The number of halogens is 1. The normalized spacial score (nSPS) is 9.40. The summed E-state index contributed by atoms with van der Waals surface area (Å²) in [6, 6.07) is 3.24.